The van der Waals surface area contributed by atoms with Crippen molar-refractivity contribution in [3.8, 4) is 0 Å². The van der Waals surface area contributed by atoms with Gasteiger partial charge >= 0.3 is 0 Å². The summed E-state index contributed by atoms with van der Waals surface area (Å²) in [4.78, 5) is 45.0. The van der Waals surface area contributed by atoms with Crippen LogP contribution in [0.15, 0.2) is 54.7 Å². The second-order valence-corrected chi connectivity index (χ2v) is 9.46. The Bertz CT molecular complexity index is 995. The van der Waals surface area contributed by atoms with E-state index in [-0.39, 0.29) is 17.6 Å². The van der Waals surface area contributed by atoms with Crippen LogP contribution >= 0.6 is 0 Å². The topological polar surface area (TPSA) is 112 Å². The van der Waals surface area contributed by atoms with Gasteiger partial charge in [0.2, 0.25) is 5.91 Å². The lowest BCUT2D eigenvalue weighted by molar-refractivity contribution is -0.141. The summed E-state index contributed by atoms with van der Waals surface area (Å²) in [5.41, 5.74) is 1.13. The molecule has 0 radical (unpaired) electrons. The number of carbonyl (C=O) groups excluding carboxylic acids is 3. The lowest BCUT2D eigenvalue weighted by atomic mass is 9.95. The van der Waals surface area contributed by atoms with Crippen LogP contribution in [0.1, 0.15) is 61.0 Å². The molecule has 1 aliphatic carbocycles. The molecule has 3 atom stereocenters. The number of amides is 3. The van der Waals surface area contributed by atoms with Gasteiger partial charge in [0.15, 0.2) is 6.10 Å². The Balaban J connectivity index is 1.48. The van der Waals surface area contributed by atoms with Gasteiger partial charge in [0.1, 0.15) is 11.7 Å². The Kier molecular flexibility index (Phi) is 8.47. The number of likely N-dealkylation sites (tertiary alicyclic amines) is 1. The highest BCUT2D eigenvalue weighted by Gasteiger charge is 2.40. The lowest BCUT2D eigenvalue weighted by Crippen LogP contribution is -2.56. The van der Waals surface area contributed by atoms with Crippen LogP contribution in [0.25, 0.3) is 0 Å². The number of carbonyl (C=O) groups is 3. The van der Waals surface area contributed by atoms with Crippen molar-refractivity contribution in [1.82, 2.24) is 20.5 Å². The largest absolute Gasteiger partial charge is 0.381 e. The first-order valence-corrected chi connectivity index (χ1v) is 12.6. The predicted octanol–water partition coefficient (Wildman–Crippen LogP) is 2.22. The van der Waals surface area contributed by atoms with Crippen molar-refractivity contribution in [2.45, 2.75) is 75.6 Å². The maximum Gasteiger partial charge on any atom is 0.270 e. The monoisotopic (exact) mass is 478 g/mol. The summed E-state index contributed by atoms with van der Waals surface area (Å²) in [6.07, 6.45) is 6.92. The Hall–Kier alpha value is -3.26. The number of aromatic nitrogens is 1. The summed E-state index contributed by atoms with van der Waals surface area (Å²) in [7, 11) is 0. The van der Waals surface area contributed by atoms with Gasteiger partial charge in [0.25, 0.3) is 11.8 Å². The van der Waals surface area contributed by atoms with Crippen LogP contribution in [0.2, 0.25) is 0 Å². The van der Waals surface area contributed by atoms with Gasteiger partial charge in [-0.25, -0.2) is 0 Å². The average molecular weight is 479 g/mol. The van der Waals surface area contributed by atoms with Crippen LogP contribution in [0.4, 0.5) is 0 Å². The van der Waals surface area contributed by atoms with E-state index in [4.69, 9.17) is 0 Å². The van der Waals surface area contributed by atoms with Crippen LogP contribution in [0.5, 0.6) is 0 Å². The van der Waals surface area contributed by atoms with E-state index >= 15 is 0 Å². The molecule has 1 aliphatic heterocycles. The van der Waals surface area contributed by atoms with Crippen molar-refractivity contribution in [2.24, 2.45) is 0 Å². The molecule has 1 aromatic heterocycles. The van der Waals surface area contributed by atoms with Gasteiger partial charge in [-0.05, 0) is 43.4 Å². The number of hydrogen-bond donors (Lipinski definition) is 3. The van der Waals surface area contributed by atoms with E-state index in [2.05, 4.69) is 15.6 Å². The van der Waals surface area contributed by atoms with E-state index in [1.54, 1.807) is 23.1 Å². The maximum atomic E-state index is 13.7. The fraction of sp³-hybridized carbons (Fsp3) is 0.481. The number of benzene rings is 1. The maximum absolute atomic E-state index is 13.7. The van der Waals surface area contributed by atoms with Gasteiger partial charge in [-0.15, -0.1) is 0 Å². The van der Waals surface area contributed by atoms with Crippen molar-refractivity contribution in [2.75, 3.05) is 6.54 Å². The number of aliphatic hydroxyl groups excluding tert-OH is 1. The molecule has 3 amide bonds. The van der Waals surface area contributed by atoms with E-state index in [1.165, 1.54) is 12.6 Å². The Morgan fingerprint density at radius 1 is 0.971 bits per heavy atom. The van der Waals surface area contributed by atoms with Gasteiger partial charge in [-0.2, -0.15) is 0 Å². The number of hydrogen-bond acceptors (Lipinski definition) is 5. The third kappa shape index (κ3) is 6.45. The van der Waals surface area contributed by atoms with Crippen LogP contribution in [0, 0.1) is 0 Å². The SMILES string of the molecule is O=C(N[C@@H](Cc1ccccc1)C(=O)N1CCCC1C(O)C(=O)NC1CCCCC1)c1ccccn1. The molecule has 1 aromatic carbocycles. The molecule has 0 bridgehead atoms. The number of pyridine rings is 1. The zero-order chi connectivity index (χ0) is 24.6. The molecule has 2 aromatic rings. The van der Waals surface area contributed by atoms with Crippen molar-refractivity contribution in [1.29, 1.82) is 0 Å². The molecular weight excluding hydrogens is 444 g/mol. The molecular formula is C27H34N4O4. The molecule has 0 spiro atoms. The summed E-state index contributed by atoms with van der Waals surface area (Å²) in [6, 6.07) is 13.1. The Morgan fingerprint density at radius 2 is 1.71 bits per heavy atom. The summed E-state index contributed by atoms with van der Waals surface area (Å²) in [6.45, 7) is 0.433. The van der Waals surface area contributed by atoms with Crippen molar-refractivity contribution in [3.05, 3.63) is 66.0 Å². The molecule has 1 saturated carbocycles. The van der Waals surface area contributed by atoms with E-state index in [0.717, 1.165) is 31.2 Å². The van der Waals surface area contributed by atoms with Gasteiger partial charge in [0.05, 0.1) is 6.04 Å². The fourth-order valence-electron chi connectivity index (χ4n) is 5.08. The Labute approximate surface area is 206 Å². The van der Waals surface area contributed by atoms with E-state index < -0.39 is 30.0 Å². The minimum atomic E-state index is -1.30. The quantitative estimate of drug-likeness (QED) is 0.539. The van der Waals surface area contributed by atoms with E-state index in [9.17, 15) is 19.5 Å². The molecule has 186 valence electrons. The molecule has 2 heterocycles. The van der Waals surface area contributed by atoms with E-state index in [1.807, 2.05) is 30.3 Å². The highest BCUT2D eigenvalue weighted by atomic mass is 16.3. The molecule has 35 heavy (non-hydrogen) atoms. The highest BCUT2D eigenvalue weighted by Crippen LogP contribution is 2.24. The predicted molar refractivity (Wildman–Crippen MR) is 131 cm³/mol. The van der Waals surface area contributed by atoms with Gasteiger partial charge in [0, 0.05) is 25.2 Å². The summed E-state index contributed by atoms with van der Waals surface area (Å²) in [5, 5.41) is 16.7. The summed E-state index contributed by atoms with van der Waals surface area (Å²) in [5.74, 6) is -1.16. The van der Waals surface area contributed by atoms with Crippen molar-refractivity contribution < 1.29 is 19.5 Å². The smallest absolute Gasteiger partial charge is 0.270 e. The minimum Gasteiger partial charge on any atom is -0.381 e. The molecule has 3 N–H and O–H groups in total. The lowest BCUT2D eigenvalue weighted by Gasteiger charge is -2.32. The summed E-state index contributed by atoms with van der Waals surface area (Å²) >= 11 is 0. The molecule has 8 nitrogen and oxygen atoms in total. The first kappa shape index (κ1) is 24.9. The zero-order valence-corrected chi connectivity index (χ0v) is 19.9. The number of aliphatic hydroxyl groups is 1. The van der Waals surface area contributed by atoms with Gasteiger partial charge in [-0.3, -0.25) is 19.4 Å². The second kappa shape index (κ2) is 11.9. The molecule has 2 unspecified atom stereocenters. The van der Waals surface area contributed by atoms with Crippen LogP contribution in [-0.2, 0) is 16.0 Å². The fourth-order valence-corrected chi connectivity index (χ4v) is 5.08. The average Bonchev–Trinajstić information content (AvgIpc) is 3.39. The number of nitrogens with one attached hydrogen (secondary N) is 2. The number of nitrogens with zero attached hydrogens (tertiary/aromatic N) is 2. The van der Waals surface area contributed by atoms with Crippen LogP contribution in [-0.4, -0.2) is 63.5 Å². The van der Waals surface area contributed by atoms with Crippen molar-refractivity contribution in [3.63, 3.8) is 0 Å². The minimum absolute atomic E-state index is 0.0833. The van der Waals surface area contributed by atoms with Crippen LogP contribution < -0.4 is 10.6 Å². The number of rotatable bonds is 8. The normalized spacial score (nSPS) is 20.1. The third-order valence-corrected chi connectivity index (χ3v) is 6.95. The summed E-state index contributed by atoms with van der Waals surface area (Å²) < 4.78 is 0. The van der Waals surface area contributed by atoms with Crippen molar-refractivity contribution >= 4 is 17.7 Å². The van der Waals surface area contributed by atoms with Crippen LogP contribution in [0.3, 0.4) is 0 Å². The Morgan fingerprint density at radius 3 is 2.43 bits per heavy atom. The van der Waals surface area contributed by atoms with Gasteiger partial charge in [-0.1, -0.05) is 55.7 Å². The van der Waals surface area contributed by atoms with Gasteiger partial charge < -0.3 is 20.6 Å². The second-order valence-electron chi connectivity index (χ2n) is 9.46. The third-order valence-electron chi connectivity index (χ3n) is 6.95. The first-order valence-electron chi connectivity index (χ1n) is 12.6. The van der Waals surface area contributed by atoms with E-state index in [0.29, 0.717) is 25.8 Å². The zero-order valence-electron chi connectivity index (χ0n) is 19.9. The first-order chi connectivity index (χ1) is 17.0. The molecule has 4 rings (SSSR count). The standard InChI is InChI=1S/C27H34N4O4/c32-24(26(34)29-20-12-5-2-6-13-20)23-15-9-17-31(23)27(35)22(18-19-10-3-1-4-11-19)30-25(33)21-14-7-8-16-28-21/h1,3-4,7-8,10-11,14,16,20,22-24,32H,2,5-6,9,12-13,15,17-18H2,(H,29,34)(H,30,33)/t22-,23?,24?/m0/s1. The highest BCUT2D eigenvalue weighted by molar-refractivity contribution is 5.96. The molecule has 2 aliphatic rings. The molecule has 1 saturated heterocycles. The molecule has 2 fully saturated rings. The molecule has 8 heteroatoms.